The summed E-state index contributed by atoms with van der Waals surface area (Å²) in [5.41, 5.74) is 6.33. The number of para-hydroxylation sites is 1. The number of nitrogens with one attached hydrogen (secondary N) is 1. The third-order valence-electron chi connectivity index (χ3n) is 2.05. The van der Waals surface area contributed by atoms with E-state index in [1.54, 1.807) is 32.3 Å². The minimum Gasteiger partial charge on any atom is -0.384 e. The van der Waals surface area contributed by atoms with Crippen molar-refractivity contribution in [3.8, 4) is 6.07 Å². The minimum atomic E-state index is -0.423. The van der Waals surface area contributed by atoms with Crippen LogP contribution in [0.3, 0.4) is 0 Å². The lowest BCUT2D eigenvalue weighted by molar-refractivity contribution is -0.124. The Labute approximate surface area is 100 Å². The van der Waals surface area contributed by atoms with Gasteiger partial charge in [-0.3, -0.25) is 4.79 Å². The number of carbonyl (C=O) groups is 1. The van der Waals surface area contributed by atoms with E-state index in [0.717, 1.165) is 5.69 Å². The van der Waals surface area contributed by atoms with Gasteiger partial charge in [0, 0.05) is 19.8 Å². The maximum atomic E-state index is 11.6. The van der Waals surface area contributed by atoms with Crippen LogP contribution in [0.2, 0.25) is 0 Å². The van der Waals surface area contributed by atoms with Crippen LogP contribution in [-0.2, 0) is 4.79 Å². The van der Waals surface area contributed by atoms with Gasteiger partial charge in [-0.05, 0) is 12.1 Å². The Morgan fingerprint density at radius 2 is 1.94 bits per heavy atom. The largest absolute Gasteiger partial charge is 0.384 e. The first-order valence-corrected chi connectivity index (χ1v) is 5.00. The normalized spacial score (nSPS) is 11.1. The lowest BCUT2D eigenvalue weighted by atomic mass is 10.2. The predicted octanol–water partition coefficient (Wildman–Crippen LogP) is 0.881. The Kier molecular flexibility index (Phi) is 4.12. The van der Waals surface area contributed by atoms with Gasteiger partial charge in [0.1, 0.15) is 11.9 Å². The number of hydrogen-bond acceptors (Lipinski definition) is 4. The molecule has 1 aromatic rings. The third-order valence-corrected chi connectivity index (χ3v) is 2.05. The van der Waals surface area contributed by atoms with Crippen LogP contribution in [0.1, 0.15) is 0 Å². The number of hydrogen-bond donors (Lipinski definition) is 2. The van der Waals surface area contributed by atoms with E-state index in [-0.39, 0.29) is 11.4 Å². The zero-order valence-electron chi connectivity index (χ0n) is 9.77. The number of nitrogens with zero attached hydrogens (tertiary/aromatic N) is 2. The molecule has 5 nitrogen and oxygen atoms in total. The molecule has 5 heteroatoms. The molecule has 0 heterocycles. The molecule has 0 aliphatic heterocycles. The highest BCUT2D eigenvalue weighted by molar-refractivity contribution is 5.98. The molecule has 0 unspecified atom stereocenters. The summed E-state index contributed by atoms with van der Waals surface area (Å²) < 4.78 is 0. The first-order chi connectivity index (χ1) is 8.06. The van der Waals surface area contributed by atoms with Crippen molar-refractivity contribution < 1.29 is 4.79 Å². The molecule has 3 N–H and O–H groups in total. The highest BCUT2D eigenvalue weighted by Crippen LogP contribution is 2.09. The Morgan fingerprint density at radius 1 is 1.35 bits per heavy atom. The molecule has 0 aliphatic carbocycles. The van der Waals surface area contributed by atoms with Gasteiger partial charge in [0.2, 0.25) is 0 Å². The fourth-order valence-corrected chi connectivity index (χ4v) is 1.19. The van der Waals surface area contributed by atoms with Gasteiger partial charge in [-0.25, -0.2) is 0 Å². The van der Waals surface area contributed by atoms with Gasteiger partial charge >= 0.3 is 0 Å². The van der Waals surface area contributed by atoms with Crippen LogP contribution in [0.25, 0.3) is 0 Å². The molecule has 0 saturated heterocycles. The van der Waals surface area contributed by atoms with Crippen molar-refractivity contribution in [1.82, 2.24) is 4.90 Å². The maximum Gasteiger partial charge on any atom is 0.267 e. The molecule has 1 rings (SSSR count). The van der Waals surface area contributed by atoms with E-state index < -0.39 is 5.91 Å². The van der Waals surface area contributed by atoms with Crippen molar-refractivity contribution in [2.24, 2.45) is 5.73 Å². The standard InChI is InChI=1S/C12H14N4O/c1-16(2)12(17)10(8-13)11(14)15-9-6-4-3-5-7-9/h3-7,15H,14H2,1-2H3/b11-10-. The first-order valence-electron chi connectivity index (χ1n) is 5.00. The molecule has 1 aromatic carbocycles. The van der Waals surface area contributed by atoms with Crippen LogP contribution in [0.4, 0.5) is 5.69 Å². The van der Waals surface area contributed by atoms with Crippen molar-refractivity contribution in [2.75, 3.05) is 19.4 Å². The second-order valence-electron chi connectivity index (χ2n) is 3.59. The van der Waals surface area contributed by atoms with E-state index in [1.807, 2.05) is 18.2 Å². The predicted molar refractivity (Wildman–Crippen MR) is 65.6 cm³/mol. The maximum absolute atomic E-state index is 11.6. The SMILES string of the molecule is CN(C)C(=O)/C(C#N)=C(/N)Nc1ccccc1. The average Bonchev–Trinajstić information content (AvgIpc) is 2.30. The Balaban J connectivity index is 2.96. The van der Waals surface area contributed by atoms with Crippen LogP contribution in [0.5, 0.6) is 0 Å². The zero-order chi connectivity index (χ0) is 12.8. The molecule has 0 spiro atoms. The van der Waals surface area contributed by atoms with Gasteiger partial charge in [-0.2, -0.15) is 5.26 Å². The van der Waals surface area contributed by atoms with Gasteiger partial charge in [0.05, 0.1) is 0 Å². The molecule has 0 fully saturated rings. The molecular weight excluding hydrogens is 216 g/mol. The van der Waals surface area contributed by atoms with Crippen LogP contribution in [0.15, 0.2) is 41.7 Å². The molecule has 1 amide bonds. The van der Waals surface area contributed by atoms with E-state index in [2.05, 4.69) is 5.32 Å². The summed E-state index contributed by atoms with van der Waals surface area (Å²) in [6.45, 7) is 0. The Hall–Kier alpha value is -2.48. The second-order valence-corrected chi connectivity index (χ2v) is 3.59. The van der Waals surface area contributed by atoms with Gasteiger partial charge in [-0.15, -0.1) is 0 Å². The zero-order valence-corrected chi connectivity index (χ0v) is 9.77. The van der Waals surface area contributed by atoms with E-state index in [9.17, 15) is 4.79 Å². The monoisotopic (exact) mass is 230 g/mol. The molecule has 88 valence electrons. The van der Waals surface area contributed by atoms with E-state index in [0.29, 0.717) is 0 Å². The molecule has 0 aromatic heterocycles. The first kappa shape index (κ1) is 12.6. The fraction of sp³-hybridized carbons (Fsp3) is 0.167. The quantitative estimate of drug-likeness (QED) is 0.596. The molecule has 0 bridgehead atoms. The van der Waals surface area contributed by atoms with Crippen LogP contribution in [0, 0.1) is 11.3 Å². The molecule has 0 aliphatic rings. The number of benzene rings is 1. The number of nitriles is 1. The average molecular weight is 230 g/mol. The number of carbonyl (C=O) groups excluding carboxylic acids is 1. The van der Waals surface area contributed by atoms with Crippen molar-refractivity contribution in [1.29, 1.82) is 5.26 Å². The smallest absolute Gasteiger partial charge is 0.267 e. The summed E-state index contributed by atoms with van der Waals surface area (Å²) in [7, 11) is 3.13. The van der Waals surface area contributed by atoms with Crippen LogP contribution < -0.4 is 11.1 Å². The van der Waals surface area contributed by atoms with Crippen molar-refractivity contribution in [2.45, 2.75) is 0 Å². The van der Waals surface area contributed by atoms with E-state index in [1.165, 1.54) is 4.90 Å². The fourth-order valence-electron chi connectivity index (χ4n) is 1.19. The Bertz CT molecular complexity index is 471. The topological polar surface area (TPSA) is 82.2 Å². The van der Waals surface area contributed by atoms with Crippen molar-refractivity contribution in [3.63, 3.8) is 0 Å². The van der Waals surface area contributed by atoms with Crippen molar-refractivity contribution in [3.05, 3.63) is 41.7 Å². The summed E-state index contributed by atoms with van der Waals surface area (Å²) in [5.74, 6) is -0.370. The number of anilines is 1. The second kappa shape index (κ2) is 5.56. The summed E-state index contributed by atoms with van der Waals surface area (Å²) in [4.78, 5) is 12.9. The molecule has 0 atom stereocenters. The molecule has 0 radical (unpaired) electrons. The third kappa shape index (κ3) is 3.24. The summed E-state index contributed by atoms with van der Waals surface area (Å²) in [6.07, 6.45) is 0. The van der Waals surface area contributed by atoms with Crippen LogP contribution >= 0.6 is 0 Å². The molecule has 17 heavy (non-hydrogen) atoms. The number of nitrogens with two attached hydrogens (primary N) is 1. The van der Waals surface area contributed by atoms with Gasteiger partial charge in [-0.1, -0.05) is 18.2 Å². The number of amides is 1. The summed E-state index contributed by atoms with van der Waals surface area (Å²) in [5, 5.41) is 11.7. The number of rotatable bonds is 3. The van der Waals surface area contributed by atoms with Gasteiger partial charge < -0.3 is 16.0 Å². The van der Waals surface area contributed by atoms with E-state index >= 15 is 0 Å². The molecule has 0 saturated carbocycles. The molecular formula is C12H14N4O. The highest BCUT2D eigenvalue weighted by Gasteiger charge is 2.15. The van der Waals surface area contributed by atoms with Crippen LogP contribution in [-0.4, -0.2) is 24.9 Å². The number of likely N-dealkylation sites (N-methyl/N-ethyl adjacent to an activating group) is 1. The Morgan fingerprint density at radius 3 is 2.41 bits per heavy atom. The lowest BCUT2D eigenvalue weighted by Gasteiger charge is -2.12. The van der Waals surface area contributed by atoms with E-state index in [4.69, 9.17) is 11.0 Å². The summed E-state index contributed by atoms with van der Waals surface area (Å²) >= 11 is 0. The van der Waals surface area contributed by atoms with Crippen molar-refractivity contribution >= 4 is 11.6 Å². The van der Waals surface area contributed by atoms with Gasteiger partial charge in [0.25, 0.3) is 5.91 Å². The summed E-state index contributed by atoms with van der Waals surface area (Å²) in [6, 6.07) is 10.9. The minimum absolute atomic E-state index is 0.0531. The van der Waals surface area contributed by atoms with Gasteiger partial charge in [0.15, 0.2) is 5.57 Å². The lowest BCUT2D eigenvalue weighted by Crippen LogP contribution is -2.27. The highest BCUT2D eigenvalue weighted by atomic mass is 16.2.